The number of nitrogens with zero attached hydrogens (tertiary/aromatic N) is 1. The number of pyridine rings is 1. The maximum atomic E-state index is 13.1. The minimum absolute atomic E-state index is 0.0916. The molecule has 1 N–H and O–H groups in total. The zero-order valence-electron chi connectivity index (χ0n) is 13.0. The number of Topliss-reactive ketones (excluding diaryl/α,β-unsaturated/α-hetero) is 1. The summed E-state index contributed by atoms with van der Waals surface area (Å²) in [6, 6.07) is 2.67. The second kappa shape index (κ2) is 7.54. The highest BCUT2D eigenvalue weighted by Crippen LogP contribution is 2.35. The van der Waals surface area contributed by atoms with Crippen LogP contribution in [-0.4, -0.2) is 30.8 Å². The molecule has 6 heteroatoms. The van der Waals surface area contributed by atoms with E-state index in [9.17, 15) is 18.0 Å². The molecule has 0 unspecified atom stereocenters. The molecular formula is C16H21F3N2O. The molecule has 1 atom stereocenters. The lowest BCUT2D eigenvalue weighted by Gasteiger charge is -2.27. The molecule has 0 amide bonds. The first-order chi connectivity index (χ1) is 10.2. The van der Waals surface area contributed by atoms with Gasteiger partial charge in [0.15, 0.2) is 5.78 Å². The molecule has 0 radical (unpaired) electrons. The fraction of sp³-hybridized carbons (Fsp3) is 0.500. The average molecular weight is 314 g/mol. The Bertz CT molecular complexity index is 527. The second-order valence-electron chi connectivity index (χ2n) is 5.74. The number of rotatable bonds is 8. The molecule has 122 valence electrons. The molecular weight excluding hydrogens is 293 g/mol. The van der Waals surface area contributed by atoms with Gasteiger partial charge in [-0.25, -0.2) is 13.8 Å². The third-order valence-electron chi connectivity index (χ3n) is 3.68. The van der Waals surface area contributed by atoms with Crippen LogP contribution < -0.4 is 5.32 Å². The highest BCUT2D eigenvalue weighted by Gasteiger charge is 2.40. The SMILES string of the molecule is C=C(C(=O)C(C)(C)C(F)F)[C@@H](CCNC)c1ccc(F)nc1. The van der Waals surface area contributed by atoms with E-state index < -0.39 is 29.5 Å². The van der Waals surface area contributed by atoms with Crippen LogP contribution in [0.15, 0.2) is 30.5 Å². The Labute approximate surface area is 128 Å². The fourth-order valence-electron chi connectivity index (χ4n) is 2.10. The molecule has 1 heterocycles. The van der Waals surface area contributed by atoms with E-state index in [1.165, 1.54) is 32.2 Å². The molecule has 0 bridgehead atoms. The summed E-state index contributed by atoms with van der Waals surface area (Å²) in [6.07, 6.45) is -0.995. The number of carbonyl (C=O) groups excluding carboxylic acids is 1. The van der Waals surface area contributed by atoms with E-state index in [0.29, 0.717) is 18.5 Å². The normalized spacial score (nSPS) is 13.2. The van der Waals surface area contributed by atoms with Crippen molar-refractivity contribution in [3.63, 3.8) is 0 Å². The third kappa shape index (κ3) is 4.16. The predicted octanol–water partition coefficient (Wildman–Crippen LogP) is 3.33. The van der Waals surface area contributed by atoms with Crippen molar-refractivity contribution in [3.8, 4) is 0 Å². The van der Waals surface area contributed by atoms with E-state index in [1.54, 1.807) is 7.05 Å². The number of carbonyl (C=O) groups is 1. The molecule has 0 aromatic carbocycles. The number of alkyl halides is 2. The monoisotopic (exact) mass is 314 g/mol. The van der Waals surface area contributed by atoms with Crippen LogP contribution in [0.25, 0.3) is 0 Å². The molecule has 1 rings (SSSR count). The Morgan fingerprint density at radius 2 is 2.05 bits per heavy atom. The summed E-state index contributed by atoms with van der Waals surface area (Å²) >= 11 is 0. The van der Waals surface area contributed by atoms with Crippen LogP contribution in [-0.2, 0) is 4.79 Å². The minimum Gasteiger partial charge on any atom is -0.320 e. The van der Waals surface area contributed by atoms with Gasteiger partial charge in [-0.2, -0.15) is 4.39 Å². The van der Waals surface area contributed by atoms with Gasteiger partial charge in [-0.3, -0.25) is 4.79 Å². The van der Waals surface area contributed by atoms with Crippen LogP contribution in [0.1, 0.15) is 31.7 Å². The lowest BCUT2D eigenvalue weighted by atomic mass is 9.78. The lowest BCUT2D eigenvalue weighted by molar-refractivity contribution is -0.131. The number of hydrogen-bond acceptors (Lipinski definition) is 3. The molecule has 0 aliphatic carbocycles. The average Bonchev–Trinajstić information content (AvgIpc) is 2.48. The topological polar surface area (TPSA) is 42.0 Å². The van der Waals surface area contributed by atoms with Crippen molar-refractivity contribution in [2.24, 2.45) is 5.41 Å². The highest BCUT2D eigenvalue weighted by molar-refractivity contribution is 6.00. The number of allylic oxidation sites excluding steroid dienone is 1. The summed E-state index contributed by atoms with van der Waals surface area (Å²) in [7, 11) is 1.74. The van der Waals surface area contributed by atoms with Crippen molar-refractivity contribution in [2.45, 2.75) is 32.6 Å². The Morgan fingerprint density at radius 1 is 1.41 bits per heavy atom. The summed E-state index contributed by atoms with van der Waals surface area (Å²) in [4.78, 5) is 15.9. The van der Waals surface area contributed by atoms with Gasteiger partial charge in [0.1, 0.15) is 0 Å². The smallest absolute Gasteiger partial charge is 0.250 e. The zero-order chi connectivity index (χ0) is 16.9. The first kappa shape index (κ1) is 18.4. The predicted molar refractivity (Wildman–Crippen MR) is 79.4 cm³/mol. The first-order valence-corrected chi connectivity index (χ1v) is 6.99. The van der Waals surface area contributed by atoms with Crippen LogP contribution in [0.3, 0.4) is 0 Å². The van der Waals surface area contributed by atoms with Gasteiger partial charge in [0.05, 0.1) is 5.41 Å². The molecule has 0 aliphatic heterocycles. The number of aromatic nitrogens is 1. The number of nitrogens with one attached hydrogen (secondary N) is 1. The van der Waals surface area contributed by atoms with E-state index >= 15 is 0 Å². The summed E-state index contributed by atoms with van der Waals surface area (Å²) in [5.74, 6) is -1.81. The van der Waals surface area contributed by atoms with Gasteiger partial charge in [-0.1, -0.05) is 12.6 Å². The summed E-state index contributed by atoms with van der Waals surface area (Å²) in [5, 5.41) is 2.94. The van der Waals surface area contributed by atoms with Crippen molar-refractivity contribution in [1.82, 2.24) is 10.3 Å². The van der Waals surface area contributed by atoms with Gasteiger partial charge in [0.25, 0.3) is 6.43 Å². The molecule has 0 saturated heterocycles. The number of ketones is 1. The van der Waals surface area contributed by atoms with Crippen molar-refractivity contribution in [3.05, 3.63) is 42.0 Å². The Kier molecular flexibility index (Phi) is 6.29. The largest absolute Gasteiger partial charge is 0.320 e. The van der Waals surface area contributed by atoms with Gasteiger partial charge in [-0.05, 0) is 51.1 Å². The van der Waals surface area contributed by atoms with E-state index in [-0.39, 0.29) is 5.57 Å². The Balaban J connectivity index is 3.08. The summed E-state index contributed by atoms with van der Waals surface area (Å²) < 4.78 is 39.1. The van der Waals surface area contributed by atoms with E-state index in [4.69, 9.17) is 0 Å². The van der Waals surface area contributed by atoms with Crippen LogP contribution >= 0.6 is 0 Å². The molecule has 22 heavy (non-hydrogen) atoms. The molecule has 1 aromatic heterocycles. The first-order valence-electron chi connectivity index (χ1n) is 6.99. The standard InChI is InChI=1S/C16H21F3N2O/c1-10(14(22)16(2,3)15(18)19)12(7-8-20-4)11-5-6-13(17)21-9-11/h5-6,9,12,15,20H,1,7-8H2,2-4H3/t12-/m1/s1. The summed E-state index contributed by atoms with van der Waals surface area (Å²) in [6.45, 7) is 6.68. The molecule has 0 saturated carbocycles. The fourth-order valence-corrected chi connectivity index (χ4v) is 2.10. The number of halogens is 3. The highest BCUT2D eigenvalue weighted by atomic mass is 19.3. The van der Waals surface area contributed by atoms with Crippen molar-refractivity contribution < 1.29 is 18.0 Å². The van der Waals surface area contributed by atoms with Gasteiger partial charge in [-0.15, -0.1) is 0 Å². The Morgan fingerprint density at radius 3 is 2.50 bits per heavy atom. The zero-order valence-corrected chi connectivity index (χ0v) is 13.0. The third-order valence-corrected chi connectivity index (χ3v) is 3.68. The molecule has 0 fully saturated rings. The van der Waals surface area contributed by atoms with Gasteiger partial charge >= 0.3 is 0 Å². The van der Waals surface area contributed by atoms with E-state index in [2.05, 4.69) is 16.9 Å². The molecule has 1 aromatic rings. The maximum Gasteiger partial charge on any atom is 0.250 e. The summed E-state index contributed by atoms with van der Waals surface area (Å²) in [5.41, 5.74) is -1.13. The quantitative estimate of drug-likeness (QED) is 0.591. The maximum absolute atomic E-state index is 13.1. The van der Waals surface area contributed by atoms with Crippen LogP contribution in [0.4, 0.5) is 13.2 Å². The van der Waals surface area contributed by atoms with E-state index in [0.717, 1.165) is 0 Å². The molecule has 0 spiro atoms. The molecule has 0 aliphatic rings. The van der Waals surface area contributed by atoms with Gasteiger partial charge in [0.2, 0.25) is 5.95 Å². The van der Waals surface area contributed by atoms with E-state index in [1.807, 2.05) is 0 Å². The molecule has 3 nitrogen and oxygen atoms in total. The number of hydrogen-bond donors (Lipinski definition) is 1. The van der Waals surface area contributed by atoms with Crippen LogP contribution in [0, 0.1) is 11.4 Å². The second-order valence-corrected chi connectivity index (χ2v) is 5.74. The van der Waals surface area contributed by atoms with Gasteiger partial charge < -0.3 is 5.32 Å². The van der Waals surface area contributed by atoms with Crippen molar-refractivity contribution >= 4 is 5.78 Å². The lowest BCUT2D eigenvalue weighted by Crippen LogP contribution is -2.34. The van der Waals surface area contributed by atoms with Crippen LogP contribution in [0.5, 0.6) is 0 Å². The minimum atomic E-state index is -2.78. The van der Waals surface area contributed by atoms with Crippen molar-refractivity contribution in [2.75, 3.05) is 13.6 Å². The van der Waals surface area contributed by atoms with Crippen LogP contribution in [0.2, 0.25) is 0 Å². The Hall–Kier alpha value is -1.69. The van der Waals surface area contributed by atoms with Gasteiger partial charge in [0, 0.05) is 12.1 Å². The van der Waals surface area contributed by atoms with Crippen molar-refractivity contribution in [1.29, 1.82) is 0 Å².